The second-order valence-corrected chi connectivity index (χ2v) is 8.45. The van der Waals surface area contributed by atoms with Gasteiger partial charge >= 0.3 is 0 Å². The Kier molecular flexibility index (Phi) is 4.65. The molecule has 6 heteroatoms. The summed E-state index contributed by atoms with van der Waals surface area (Å²) in [6.45, 7) is 8.03. The van der Waals surface area contributed by atoms with Crippen molar-refractivity contribution in [3.63, 3.8) is 0 Å². The lowest BCUT2D eigenvalue weighted by Crippen LogP contribution is -2.47. The van der Waals surface area contributed by atoms with E-state index in [2.05, 4.69) is 23.8 Å². The third kappa shape index (κ3) is 3.51. The molecule has 0 spiro atoms. The van der Waals surface area contributed by atoms with Crippen LogP contribution in [0.2, 0.25) is 0 Å². The molecule has 2 aliphatic rings. The number of thiazole rings is 1. The molecule has 2 aromatic rings. The Morgan fingerprint density at radius 2 is 1.84 bits per heavy atom. The Morgan fingerprint density at radius 1 is 1.12 bits per heavy atom. The van der Waals surface area contributed by atoms with Crippen molar-refractivity contribution >= 4 is 32.6 Å². The van der Waals surface area contributed by atoms with Gasteiger partial charge in [-0.25, -0.2) is 4.98 Å². The van der Waals surface area contributed by atoms with E-state index in [0.29, 0.717) is 0 Å². The van der Waals surface area contributed by atoms with Crippen LogP contribution in [0.1, 0.15) is 30.1 Å². The minimum Gasteiger partial charge on any atom is -0.348 e. The van der Waals surface area contributed by atoms with Crippen LogP contribution in [0.4, 0.5) is 5.13 Å². The van der Waals surface area contributed by atoms with Gasteiger partial charge in [0.15, 0.2) is 5.13 Å². The molecule has 0 saturated carbocycles. The largest absolute Gasteiger partial charge is 0.348 e. The predicted octanol–water partition coefficient (Wildman–Crippen LogP) is 2.92. The highest BCUT2D eigenvalue weighted by Crippen LogP contribution is 2.32. The van der Waals surface area contributed by atoms with Crippen LogP contribution < -0.4 is 4.90 Å². The molecule has 0 radical (unpaired) electrons. The van der Waals surface area contributed by atoms with E-state index in [0.717, 1.165) is 66.1 Å². The SMILES string of the molecule is CC1CCN(c2nc3ccc(C(=O)N4CCN(C)CC4)cc3s2)CC1. The standard InChI is InChI=1S/C19H26N4OS/c1-14-5-7-23(8-6-14)19-20-16-4-3-15(13-17(16)25-19)18(24)22-11-9-21(2)10-12-22/h3-4,13-14H,5-12H2,1-2H3. The van der Waals surface area contributed by atoms with Crippen molar-refractivity contribution in [1.82, 2.24) is 14.8 Å². The Balaban J connectivity index is 1.53. The number of fused-ring (bicyclic) bond motifs is 1. The Morgan fingerprint density at radius 3 is 2.56 bits per heavy atom. The van der Waals surface area contributed by atoms with Crippen LogP contribution in [0.5, 0.6) is 0 Å². The van der Waals surface area contributed by atoms with Crippen LogP contribution >= 0.6 is 11.3 Å². The van der Waals surface area contributed by atoms with Crippen LogP contribution in [0, 0.1) is 5.92 Å². The summed E-state index contributed by atoms with van der Waals surface area (Å²) in [7, 11) is 2.11. The van der Waals surface area contributed by atoms with E-state index in [1.165, 1.54) is 12.8 Å². The molecule has 2 saturated heterocycles. The van der Waals surface area contributed by atoms with Gasteiger partial charge in [0, 0.05) is 44.8 Å². The van der Waals surface area contributed by atoms with E-state index in [1.807, 2.05) is 23.1 Å². The summed E-state index contributed by atoms with van der Waals surface area (Å²) in [5.41, 5.74) is 1.80. The van der Waals surface area contributed by atoms with Gasteiger partial charge in [0.2, 0.25) is 0 Å². The summed E-state index contributed by atoms with van der Waals surface area (Å²) in [5.74, 6) is 0.968. The summed E-state index contributed by atoms with van der Waals surface area (Å²) >= 11 is 1.72. The molecular weight excluding hydrogens is 332 g/mol. The molecule has 0 unspecified atom stereocenters. The van der Waals surface area contributed by atoms with Gasteiger partial charge in [-0.15, -0.1) is 0 Å². The van der Waals surface area contributed by atoms with Crippen molar-refractivity contribution in [3.05, 3.63) is 23.8 Å². The van der Waals surface area contributed by atoms with E-state index < -0.39 is 0 Å². The van der Waals surface area contributed by atoms with E-state index in [-0.39, 0.29) is 5.91 Å². The lowest BCUT2D eigenvalue weighted by molar-refractivity contribution is 0.0664. The van der Waals surface area contributed by atoms with Gasteiger partial charge in [-0.1, -0.05) is 18.3 Å². The maximum Gasteiger partial charge on any atom is 0.253 e. The fourth-order valence-corrected chi connectivity index (χ4v) is 4.63. The smallest absolute Gasteiger partial charge is 0.253 e. The molecule has 0 aliphatic carbocycles. The topological polar surface area (TPSA) is 39.7 Å². The summed E-state index contributed by atoms with van der Waals surface area (Å²) in [6.07, 6.45) is 2.48. The predicted molar refractivity (Wildman–Crippen MR) is 104 cm³/mol. The Hall–Kier alpha value is -1.66. The van der Waals surface area contributed by atoms with Gasteiger partial charge in [0.1, 0.15) is 0 Å². The molecule has 0 N–H and O–H groups in total. The molecule has 2 aliphatic heterocycles. The Labute approximate surface area is 153 Å². The number of likely N-dealkylation sites (N-methyl/N-ethyl adjacent to an activating group) is 1. The van der Waals surface area contributed by atoms with Crippen LogP contribution in [0.3, 0.4) is 0 Å². The second kappa shape index (κ2) is 6.92. The zero-order valence-electron chi connectivity index (χ0n) is 15.1. The number of carbonyl (C=O) groups excluding carboxylic acids is 1. The summed E-state index contributed by atoms with van der Waals surface area (Å²) in [6, 6.07) is 5.97. The first-order valence-electron chi connectivity index (χ1n) is 9.23. The molecule has 1 aromatic carbocycles. The number of carbonyl (C=O) groups is 1. The molecule has 5 nitrogen and oxygen atoms in total. The fraction of sp³-hybridized carbons (Fsp3) is 0.579. The van der Waals surface area contributed by atoms with E-state index in [1.54, 1.807) is 11.3 Å². The highest BCUT2D eigenvalue weighted by atomic mass is 32.1. The average molecular weight is 359 g/mol. The minimum atomic E-state index is 0.150. The highest BCUT2D eigenvalue weighted by Gasteiger charge is 2.22. The fourth-order valence-electron chi connectivity index (χ4n) is 3.57. The highest BCUT2D eigenvalue weighted by molar-refractivity contribution is 7.22. The summed E-state index contributed by atoms with van der Waals surface area (Å²) in [4.78, 5) is 24.2. The van der Waals surface area contributed by atoms with Crippen LogP contribution in [0.15, 0.2) is 18.2 Å². The first-order chi connectivity index (χ1) is 12.1. The third-order valence-electron chi connectivity index (χ3n) is 5.47. The van der Waals surface area contributed by atoms with E-state index in [9.17, 15) is 4.79 Å². The molecule has 2 fully saturated rings. The first-order valence-corrected chi connectivity index (χ1v) is 10.0. The van der Waals surface area contributed by atoms with Gasteiger partial charge in [-0.3, -0.25) is 4.79 Å². The summed E-state index contributed by atoms with van der Waals surface area (Å²) < 4.78 is 1.12. The van der Waals surface area contributed by atoms with Crippen molar-refractivity contribution in [3.8, 4) is 0 Å². The molecule has 0 atom stereocenters. The summed E-state index contributed by atoms with van der Waals surface area (Å²) in [5, 5.41) is 1.10. The van der Waals surface area contributed by atoms with Crippen LogP contribution in [0.25, 0.3) is 10.2 Å². The van der Waals surface area contributed by atoms with Crippen molar-refractivity contribution in [2.75, 3.05) is 51.2 Å². The molecule has 3 heterocycles. The van der Waals surface area contributed by atoms with Crippen LogP contribution in [-0.4, -0.2) is 67.0 Å². The quantitative estimate of drug-likeness (QED) is 0.828. The number of anilines is 1. The number of nitrogens with zero attached hydrogens (tertiary/aromatic N) is 4. The normalized spacial score (nSPS) is 20.4. The third-order valence-corrected chi connectivity index (χ3v) is 6.55. The van der Waals surface area contributed by atoms with Gasteiger partial charge in [-0.05, 0) is 44.0 Å². The zero-order valence-corrected chi connectivity index (χ0v) is 15.9. The molecule has 25 heavy (non-hydrogen) atoms. The number of rotatable bonds is 2. The van der Waals surface area contributed by atoms with Crippen molar-refractivity contribution < 1.29 is 4.79 Å². The van der Waals surface area contributed by atoms with E-state index >= 15 is 0 Å². The Bertz CT molecular complexity index is 758. The first kappa shape index (κ1) is 16.8. The van der Waals surface area contributed by atoms with Crippen molar-refractivity contribution in [2.45, 2.75) is 19.8 Å². The second-order valence-electron chi connectivity index (χ2n) is 7.44. The lowest BCUT2D eigenvalue weighted by Gasteiger charge is -2.32. The molecule has 4 rings (SSSR count). The number of aromatic nitrogens is 1. The number of benzene rings is 1. The van der Waals surface area contributed by atoms with Gasteiger partial charge in [0.25, 0.3) is 5.91 Å². The minimum absolute atomic E-state index is 0.150. The van der Waals surface area contributed by atoms with Crippen LogP contribution in [-0.2, 0) is 0 Å². The zero-order chi connectivity index (χ0) is 17.4. The number of hydrogen-bond donors (Lipinski definition) is 0. The monoisotopic (exact) mass is 358 g/mol. The van der Waals surface area contributed by atoms with Gasteiger partial charge in [0.05, 0.1) is 10.2 Å². The molecular formula is C19H26N4OS. The molecule has 1 aromatic heterocycles. The van der Waals surface area contributed by atoms with E-state index in [4.69, 9.17) is 4.98 Å². The molecule has 0 bridgehead atoms. The maximum absolute atomic E-state index is 12.8. The molecule has 1 amide bonds. The van der Waals surface area contributed by atoms with Gasteiger partial charge < -0.3 is 14.7 Å². The maximum atomic E-state index is 12.8. The average Bonchev–Trinajstić information content (AvgIpc) is 3.05. The van der Waals surface area contributed by atoms with Crippen molar-refractivity contribution in [2.24, 2.45) is 5.92 Å². The number of amides is 1. The number of piperazine rings is 1. The number of hydrogen-bond acceptors (Lipinski definition) is 5. The molecule has 134 valence electrons. The number of piperidine rings is 1. The van der Waals surface area contributed by atoms with Gasteiger partial charge in [-0.2, -0.15) is 0 Å². The van der Waals surface area contributed by atoms with Crippen molar-refractivity contribution in [1.29, 1.82) is 0 Å². The lowest BCUT2D eigenvalue weighted by atomic mass is 10.00.